The Labute approximate surface area is 145 Å². The second-order valence-electron chi connectivity index (χ2n) is 4.58. The Morgan fingerprint density at radius 2 is 1.95 bits per heavy atom. The molecule has 0 aliphatic carbocycles. The van der Waals surface area contributed by atoms with Crippen molar-refractivity contribution >= 4 is 51.1 Å². The van der Waals surface area contributed by atoms with E-state index in [4.69, 9.17) is 4.74 Å². The highest BCUT2D eigenvalue weighted by Crippen LogP contribution is 2.03. The molecule has 1 N–H and O–H groups in total. The van der Waals surface area contributed by atoms with Gasteiger partial charge in [-0.2, -0.15) is 0 Å². The average Bonchev–Trinajstić information content (AvgIpc) is 2.35. The third kappa shape index (κ3) is 6.53. The topological polar surface area (TPSA) is 60.3 Å². The van der Waals surface area contributed by atoms with Gasteiger partial charge in [-0.05, 0) is 65.5 Å². The second kappa shape index (κ2) is 8.98. The Kier molecular flexibility index (Phi) is 8.03. The monoisotopic (exact) mass is 504 g/mol. The largest absolute Gasteiger partial charge is 0.379 e. The lowest BCUT2D eigenvalue weighted by Crippen LogP contribution is -2.30. The van der Waals surface area contributed by atoms with Crippen LogP contribution in [0.1, 0.15) is 20.3 Å². The molecule has 0 atom stereocenters. The molecule has 0 aliphatic heterocycles. The van der Waals surface area contributed by atoms with Crippen molar-refractivity contribution in [1.82, 2.24) is 9.88 Å². The SMILES string of the molecule is CC(C)OCCCNC(=O)Cn1cc(I)c(=O)c(I)c1. The van der Waals surface area contributed by atoms with Crippen molar-refractivity contribution < 1.29 is 9.53 Å². The van der Waals surface area contributed by atoms with Crippen molar-refractivity contribution in [3.8, 4) is 0 Å². The van der Waals surface area contributed by atoms with E-state index in [2.05, 4.69) is 5.32 Å². The lowest BCUT2D eigenvalue weighted by atomic mass is 10.4. The van der Waals surface area contributed by atoms with E-state index in [-0.39, 0.29) is 24.0 Å². The number of carbonyl (C=O) groups is 1. The van der Waals surface area contributed by atoms with Gasteiger partial charge < -0.3 is 14.6 Å². The van der Waals surface area contributed by atoms with Gasteiger partial charge in [0, 0.05) is 25.5 Å². The van der Waals surface area contributed by atoms with Crippen molar-refractivity contribution in [2.75, 3.05) is 13.2 Å². The summed E-state index contributed by atoms with van der Waals surface area (Å²) in [5, 5.41) is 2.84. The minimum absolute atomic E-state index is 0.00805. The van der Waals surface area contributed by atoms with Gasteiger partial charge in [0.25, 0.3) is 0 Å². The molecular weight excluding hydrogens is 486 g/mol. The Hall–Kier alpha value is -0.160. The standard InChI is InChI=1S/C13H18I2N2O3/c1-9(2)20-5-3-4-16-12(18)8-17-6-10(14)13(19)11(15)7-17/h6-7,9H,3-5,8H2,1-2H3,(H,16,18). The first kappa shape index (κ1) is 17.9. The Morgan fingerprint density at radius 1 is 1.35 bits per heavy atom. The molecule has 0 bridgehead atoms. The summed E-state index contributed by atoms with van der Waals surface area (Å²) >= 11 is 3.96. The molecule has 1 aromatic rings. The Balaban J connectivity index is 2.37. The zero-order chi connectivity index (χ0) is 15.1. The summed E-state index contributed by atoms with van der Waals surface area (Å²) in [4.78, 5) is 23.3. The fourth-order valence-electron chi connectivity index (χ4n) is 1.49. The fraction of sp³-hybridized carbons (Fsp3) is 0.538. The van der Waals surface area contributed by atoms with Crippen LogP contribution in [0, 0.1) is 7.14 Å². The van der Waals surface area contributed by atoms with Gasteiger partial charge in [-0.25, -0.2) is 0 Å². The molecule has 5 nitrogen and oxygen atoms in total. The number of rotatable bonds is 7. The van der Waals surface area contributed by atoms with Crippen LogP contribution in [0.15, 0.2) is 17.2 Å². The molecule has 0 radical (unpaired) electrons. The van der Waals surface area contributed by atoms with Gasteiger partial charge in [0.05, 0.1) is 13.2 Å². The van der Waals surface area contributed by atoms with Gasteiger partial charge in [0.2, 0.25) is 11.3 Å². The van der Waals surface area contributed by atoms with E-state index in [0.29, 0.717) is 20.3 Å². The van der Waals surface area contributed by atoms with Crippen LogP contribution in [0.25, 0.3) is 0 Å². The zero-order valence-electron chi connectivity index (χ0n) is 11.5. The van der Waals surface area contributed by atoms with Crippen LogP contribution < -0.4 is 10.7 Å². The molecule has 1 amide bonds. The summed E-state index contributed by atoms with van der Waals surface area (Å²) < 4.78 is 8.36. The molecule has 0 aliphatic rings. The van der Waals surface area contributed by atoms with Gasteiger partial charge in [0.1, 0.15) is 6.54 Å². The highest BCUT2D eigenvalue weighted by atomic mass is 127. The summed E-state index contributed by atoms with van der Waals surface area (Å²) in [6.07, 6.45) is 4.39. The smallest absolute Gasteiger partial charge is 0.239 e. The first-order valence-electron chi connectivity index (χ1n) is 6.33. The quantitative estimate of drug-likeness (QED) is 0.457. The second-order valence-corrected chi connectivity index (χ2v) is 6.90. The van der Waals surface area contributed by atoms with E-state index in [1.54, 1.807) is 17.0 Å². The molecule has 1 aromatic heterocycles. The molecule has 0 saturated heterocycles. The van der Waals surface area contributed by atoms with E-state index >= 15 is 0 Å². The molecule has 1 heterocycles. The molecule has 20 heavy (non-hydrogen) atoms. The van der Waals surface area contributed by atoms with E-state index < -0.39 is 0 Å². The summed E-state index contributed by atoms with van der Waals surface area (Å²) in [7, 11) is 0. The number of amides is 1. The van der Waals surface area contributed by atoms with Gasteiger partial charge >= 0.3 is 0 Å². The van der Waals surface area contributed by atoms with Crippen LogP contribution >= 0.6 is 45.2 Å². The number of carbonyl (C=O) groups excluding carboxylic acids is 1. The number of hydrogen-bond donors (Lipinski definition) is 1. The predicted octanol–water partition coefficient (Wildman–Crippen LogP) is 1.99. The normalized spacial score (nSPS) is 10.8. The van der Waals surface area contributed by atoms with Crippen molar-refractivity contribution in [3.63, 3.8) is 0 Å². The fourth-order valence-corrected chi connectivity index (χ4v) is 3.30. The Morgan fingerprint density at radius 3 is 2.50 bits per heavy atom. The average molecular weight is 504 g/mol. The van der Waals surface area contributed by atoms with Crippen LogP contribution in [0.2, 0.25) is 0 Å². The van der Waals surface area contributed by atoms with Crippen molar-refractivity contribution in [2.24, 2.45) is 0 Å². The van der Waals surface area contributed by atoms with Crippen LogP contribution in [-0.2, 0) is 16.1 Å². The highest BCUT2D eigenvalue weighted by molar-refractivity contribution is 14.1. The van der Waals surface area contributed by atoms with Gasteiger partial charge in [0.15, 0.2) is 0 Å². The number of aromatic nitrogens is 1. The molecule has 112 valence electrons. The summed E-state index contributed by atoms with van der Waals surface area (Å²) in [5.74, 6) is -0.0650. The lowest BCUT2D eigenvalue weighted by molar-refractivity contribution is -0.121. The summed E-state index contributed by atoms with van der Waals surface area (Å²) in [6.45, 7) is 5.43. The number of ether oxygens (including phenoxy) is 1. The molecule has 1 rings (SSSR count). The van der Waals surface area contributed by atoms with Gasteiger partial charge in [-0.1, -0.05) is 0 Å². The zero-order valence-corrected chi connectivity index (χ0v) is 15.8. The van der Waals surface area contributed by atoms with Crippen molar-refractivity contribution in [1.29, 1.82) is 0 Å². The third-order valence-electron chi connectivity index (χ3n) is 2.41. The predicted molar refractivity (Wildman–Crippen MR) is 94.9 cm³/mol. The first-order valence-corrected chi connectivity index (χ1v) is 8.49. The molecule has 0 fully saturated rings. The maximum Gasteiger partial charge on any atom is 0.239 e. The molecule has 0 aromatic carbocycles. The maximum absolute atomic E-state index is 11.8. The van der Waals surface area contributed by atoms with E-state index in [1.165, 1.54) is 0 Å². The highest BCUT2D eigenvalue weighted by Gasteiger charge is 2.06. The van der Waals surface area contributed by atoms with Crippen molar-refractivity contribution in [3.05, 3.63) is 29.8 Å². The molecule has 0 unspecified atom stereocenters. The minimum atomic E-state index is -0.0650. The van der Waals surface area contributed by atoms with Crippen LogP contribution in [0.4, 0.5) is 0 Å². The minimum Gasteiger partial charge on any atom is -0.379 e. The molecule has 7 heteroatoms. The number of nitrogens with zero attached hydrogens (tertiary/aromatic N) is 1. The van der Waals surface area contributed by atoms with E-state index in [9.17, 15) is 9.59 Å². The number of halogens is 2. The van der Waals surface area contributed by atoms with Crippen molar-refractivity contribution in [2.45, 2.75) is 32.9 Å². The Bertz CT molecular complexity index is 489. The molecule has 0 saturated carbocycles. The first-order chi connectivity index (χ1) is 9.40. The van der Waals surface area contributed by atoms with Crippen LogP contribution in [0.5, 0.6) is 0 Å². The number of nitrogens with one attached hydrogen (secondary N) is 1. The number of pyridine rings is 1. The third-order valence-corrected chi connectivity index (χ3v) is 3.95. The maximum atomic E-state index is 11.8. The molecule has 0 spiro atoms. The van der Waals surface area contributed by atoms with E-state index in [0.717, 1.165) is 6.42 Å². The van der Waals surface area contributed by atoms with Gasteiger partial charge in [-0.15, -0.1) is 0 Å². The summed E-state index contributed by atoms with van der Waals surface area (Å²) in [6, 6.07) is 0. The van der Waals surface area contributed by atoms with Gasteiger partial charge in [-0.3, -0.25) is 9.59 Å². The number of hydrogen-bond acceptors (Lipinski definition) is 3. The van der Waals surface area contributed by atoms with Crippen LogP contribution in [-0.4, -0.2) is 29.7 Å². The molecular formula is C13H18I2N2O3. The van der Waals surface area contributed by atoms with E-state index in [1.807, 2.05) is 59.0 Å². The lowest BCUT2D eigenvalue weighted by Gasteiger charge is -2.10. The van der Waals surface area contributed by atoms with Crippen LogP contribution in [0.3, 0.4) is 0 Å². The summed E-state index contributed by atoms with van der Waals surface area (Å²) in [5.41, 5.74) is 0.00805.